The van der Waals surface area contributed by atoms with Gasteiger partial charge in [-0.05, 0) is 26.7 Å². The summed E-state index contributed by atoms with van der Waals surface area (Å²) in [4.78, 5) is 0. The number of hydrogen-bond acceptors (Lipinski definition) is 2. The molecule has 0 fully saturated rings. The number of nitrogens with one attached hydrogen (secondary N) is 1. The summed E-state index contributed by atoms with van der Waals surface area (Å²) < 4.78 is 25.3. The van der Waals surface area contributed by atoms with Crippen molar-refractivity contribution in [3.8, 4) is 0 Å². The lowest BCUT2D eigenvalue weighted by molar-refractivity contribution is 0.473. The monoisotopic (exact) mass is 193 g/mol. The van der Waals surface area contributed by atoms with Crippen LogP contribution in [0.4, 0.5) is 0 Å². The molecule has 0 aliphatic heterocycles. The molecule has 12 heavy (non-hydrogen) atoms. The fourth-order valence-electron chi connectivity index (χ4n) is 0.531. The van der Waals surface area contributed by atoms with Gasteiger partial charge in [0, 0.05) is 6.04 Å². The summed E-state index contributed by atoms with van der Waals surface area (Å²) in [7, 11) is -3.09. The molecule has 0 saturated heterocycles. The molecule has 0 aliphatic carbocycles. The molecule has 1 N–H and O–H groups in total. The van der Waals surface area contributed by atoms with Crippen molar-refractivity contribution in [3.63, 3.8) is 0 Å². The zero-order valence-electron chi connectivity index (χ0n) is 8.46. The second-order valence-corrected chi connectivity index (χ2v) is 6.01. The van der Waals surface area contributed by atoms with Crippen LogP contribution in [0.1, 0.15) is 34.6 Å². The van der Waals surface area contributed by atoms with E-state index in [9.17, 15) is 8.42 Å². The van der Waals surface area contributed by atoms with E-state index in [-0.39, 0.29) is 11.3 Å². The minimum Gasteiger partial charge on any atom is -0.212 e. The van der Waals surface area contributed by atoms with Gasteiger partial charge < -0.3 is 0 Å². The Morgan fingerprint density at radius 1 is 1.00 bits per heavy atom. The Labute approximate surface area is 75.6 Å². The van der Waals surface area contributed by atoms with Gasteiger partial charge in [0.2, 0.25) is 10.0 Å². The van der Waals surface area contributed by atoms with E-state index in [1.54, 1.807) is 13.8 Å². The van der Waals surface area contributed by atoms with Crippen LogP contribution in [-0.2, 0) is 10.0 Å². The van der Waals surface area contributed by atoms with Crippen molar-refractivity contribution in [1.82, 2.24) is 4.72 Å². The Morgan fingerprint density at radius 2 is 1.42 bits per heavy atom. The van der Waals surface area contributed by atoms with Gasteiger partial charge in [-0.1, -0.05) is 13.8 Å². The Bertz CT molecular complexity index is 219. The van der Waals surface area contributed by atoms with Crippen LogP contribution in [0.15, 0.2) is 0 Å². The predicted molar refractivity (Wildman–Crippen MR) is 51.5 cm³/mol. The molecule has 0 aliphatic rings. The summed E-state index contributed by atoms with van der Waals surface area (Å²) in [6.45, 7) is 9.22. The second-order valence-electron chi connectivity index (χ2n) is 3.74. The predicted octanol–water partition coefficient (Wildman–Crippen LogP) is 1.36. The highest BCUT2D eigenvalue weighted by Gasteiger charge is 2.19. The second kappa shape index (κ2) is 4.23. The van der Waals surface area contributed by atoms with Crippen LogP contribution >= 0.6 is 0 Å². The van der Waals surface area contributed by atoms with Crippen molar-refractivity contribution in [3.05, 3.63) is 0 Å². The van der Waals surface area contributed by atoms with Crippen LogP contribution in [0.25, 0.3) is 0 Å². The van der Waals surface area contributed by atoms with Gasteiger partial charge in [-0.2, -0.15) is 0 Å². The molecule has 0 saturated carbocycles. The van der Waals surface area contributed by atoms with Crippen molar-refractivity contribution < 1.29 is 8.42 Å². The molecule has 1 atom stereocenters. The molecule has 0 aromatic heterocycles. The number of rotatable bonds is 4. The van der Waals surface area contributed by atoms with Gasteiger partial charge in [-0.3, -0.25) is 0 Å². The third-order valence-electron chi connectivity index (χ3n) is 1.97. The summed E-state index contributed by atoms with van der Waals surface area (Å²) in [6, 6.07) is 0.0115. The molecule has 0 rings (SSSR count). The molecule has 3 nitrogen and oxygen atoms in total. The van der Waals surface area contributed by atoms with Gasteiger partial charge in [-0.15, -0.1) is 0 Å². The molecule has 0 aromatic rings. The Hall–Kier alpha value is -0.0900. The highest BCUT2D eigenvalue weighted by molar-refractivity contribution is 7.90. The number of hydrogen-bond donors (Lipinski definition) is 1. The van der Waals surface area contributed by atoms with Gasteiger partial charge in [-0.25, -0.2) is 13.1 Å². The van der Waals surface area contributed by atoms with E-state index in [1.807, 2.05) is 20.8 Å². The van der Waals surface area contributed by atoms with Gasteiger partial charge in [0.05, 0.1) is 5.25 Å². The first-order chi connectivity index (χ1) is 5.27. The van der Waals surface area contributed by atoms with Crippen molar-refractivity contribution in [2.24, 2.45) is 5.92 Å². The third-order valence-corrected chi connectivity index (χ3v) is 3.91. The normalized spacial score (nSPS) is 15.6. The van der Waals surface area contributed by atoms with Crippen LogP contribution in [0, 0.1) is 5.92 Å². The van der Waals surface area contributed by atoms with Gasteiger partial charge in [0.1, 0.15) is 0 Å². The van der Waals surface area contributed by atoms with Crippen molar-refractivity contribution in [1.29, 1.82) is 0 Å². The molecule has 0 amide bonds. The lowest BCUT2D eigenvalue weighted by Gasteiger charge is -2.18. The summed E-state index contributed by atoms with van der Waals surface area (Å²) >= 11 is 0. The number of sulfonamides is 1. The van der Waals surface area contributed by atoms with Gasteiger partial charge in [0.15, 0.2) is 0 Å². The van der Waals surface area contributed by atoms with Crippen LogP contribution < -0.4 is 4.72 Å². The molecule has 0 radical (unpaired) electrons. The topological polar surface area (TPSA) is 46.2 Å². The molecule has 74 valence electrons. The first-order valence-electron chi connectivity index (χ1n) is 4.28. The van der Waals surface area contributed by atoms with E-state index in [2.05, 4.69) is 4.72 Å². The summed E-state index contributed by atoms with van der Waals surface area (Å²) in [5.41, 5.74) is 0. The van der Waals surface area contributed by atoms with E-state index in [1.165, 1.54) is 0 Å². The molecule has 0 heterocycles. The van der Waals surface area contributed by atoms with Crippen molar-refractivity contribution in [2.45, 2.75) is 45.9 Å². The zero-order chi connectivity index (χ0) is 9.94. The maximum Gasteiger partial charge on any atom is 0.214 e. The SMILES string of the molecule is CC(C)C(C)NS(=O)(=O)C(C)C. The molecule has 4 heteroatoms. The highest BCUT2D eigenvalue weighted by Crippen LogP contribution is 2.04. The first-order valence-corrected chi connectivity index (χ1v) is 5.83. The quantitative estimate of drug-likeness (QED) is 0.732. The van der Waals surface area contributed by atoms with E-state index >= 15 is 0 Å². The lowest BCUT2D eigenvalue weighted by atomic mass is 10.1. The van der Waals surface area contributed by atoms with E-state index in [0.717, 1.165) is 0 Å². The van der Waals surface area contributed by atoms with Crippen molar-refractivity contribution in [2.75, 3.05) is 0 Å². The smallest absolute Gasteiger partial charge is 0.212 e. The molecular weight excluding hydrogens is 174 g/mol. The Morgan fingerprint density at radius 3 is 1.67 bits per heavy atom. The Kier molecular flexibility index (Phi) is 4.20. The zero-order valence-corrected chi connectivity index (χ0v) is 9.27. The summed E-state index contributed by atoms with van der Waals surface area (Å²) in [5, 5.41) is -0.348. The van der Waals surface area contributed by atoms with E-state index in [0.29, 0.717) is 5.92 Å². The fourth-order valence-corrected chi connectivity index (χ4v) is 1.59. The van der Waals surface area contributed by atoms with E-state index < -0.39 is 10.0 Å². The Balaban J connectivity index is 4.27. The summed E-state index contributed by atoms with van der Waals surface area (Å²) in [6.07, 6.45) is 0. The highest BCUT2D eigenvalue weighted by atomic mass is 32.2. The molecule has 1 unspecified atom stereocenters. The maximum absolute atomic E-state index is 11.3. The maximum atomic E-state index is 11.3. The van der Waals surface area contributed by atoms with E-state index in [4.69, 9.17) is 0 Å². The van der Waals surface area contributed by atoms with Crippen LogP contribution in [0.5, 0.6) is 0 Å². The summed E-state index contributed by atoms with van der Waals surface area (Å²) in [5.74, 6) is 0.332. The van der Waals surface area contributed by atoms with Crippen LogP contribution in [0.3, 0.4) is 0 Å². The lowest BCUT2D eigenvalue weighted by Crippen LogP contribution is -2.39. The average Bonchev–Trinajstić information content (AvgIpc) is 1.85. The van der Waals surface area contributed by atoms with Gasteiger partial charge in [0.25, 0.3) is 0 Å². The largest absolute Gasteiger partial charge is 0.214 e. The average molecular weight is 193 g/mol. The minimum atomic E-state index is -3.09. The molecular formula is C8H19NO2S. The molecule has 0 spiro atoms. The molecule has 0 bridgehead atoms. The van der Waals surface area contributed by atoms with Crippen molar-refractivity contribution >= 4 is 10.0 Å². The van der Waals surface area contributed by atoms with Gasteiger partial charge >= 0.3 is 0 Å². The standard InChI is InChI=1S/C8H19NO2S/c1-6(2)8(5)9-12(10,11)7(3)4/h6-9H,1-5H3. The first kappa shape index (κ1) is 11.9. The minimum absolute atomic E-state index is 0.0115. The molecule has 0 aromatic carbocycles. The third kappa shape index (κ3) is 3.54. The fraction of sp³-hybridized carbons (Fsp3) is 1.00. The van der Waals surface area contributed by atoms with Crippen LogP contribution in [0.2, 0.25) is 0 Å². The van der Waals surface area contributed by atoms with Crippen LogP contribution in [-0.4, -0.2) is 19.7 Å².